The first-order chi connectivity index (χ1) is 13.9. The van der Waals surface area contributed by atoms with Crippen LogP contribution in [0.2, 0.25) is 5.02 Å². The van der Waals surface area contributed by atoms with Crippen LogP contribution in [0.5, 0.6) is 0 Å². The fourth-order valence-corrected chi connectivity index (χ4v) is 3.66. The standard InChI is InChI=1S/C18H18ClN3O7S/c1-11-4-6-13(22(25)26)9-16(11)21(30(3,27)28)10-17(23)20-12-5-7-15(19)14(8-12)18(24)29-2/h4-9H,10H2,1-3H3,(H,20,23). The lowest BCUT2D eigenvalue weighted by Crippen LogP contribution is -2.38. The van der Waals surface area contributed by atoms with E-state index in [1.165, 1.54) is 37.4 Å². The summed E-state index contributed by atoms with van der Waals surface area (Å²) in [5, 5.41) is 13.6. The summed E-state index contributed by atoms with van der Waals surface area (Å²) in [6.45, 7) is 0.925. The Kier molecular flexibility index (Phi) is 7.00. The Morgan fingerprint density at radius 2 is 1.90 bits per heavy atom. The van der Waals surface area contributed by atoms with Crippen LogP contribution in [0, 0.1) is 17.0 Å². The van der Waals surface area contributed by atoms with Gasteiger partial charge in [-0.3, -0.25) is 19.2 Å². The minimum atomic E-state index is -3.95. The fraction of sp³-hybridized carbons (Fsp3) is 0.222. The second kappa shape index (κ2) is 9.09. The third-order valence-electron chi connectivity index (χ3n) is 4.02. The maximum atomic E-state index is 12.5. The van der Waals surface area contributed by atoms with E-state index < -0.39 is 33.4 Å². The third-order valence-corrected chi connectivity index (χ3v) is 5.47. The second-order valence-electron chi connectivity index (χ2n) is 6.23. The number of halogens is 1. The summed E-state index contributed by atoms with van der Waals surface area (Å²) < 4.78 is 29.9. The molecule has 0 unspecified atom stereocenters. The largest absolute Gasteiger partial charge is 0.465 e. The first-order valence-corrected chi connectivity index (χ1v) is 10.6. The number of aryl methyl sites for hydroxylation is 1. The first kappa shape index (κ1) is 23.1. The maximum Gasteiger partial charge on any atom is 0.339 e. The zero-order valence-electron chi connectivity index (χ0n) is 16.2. The van der Waals surface area contributed by atoms with Gasteiger partial charge in [-0.15, -0.1) is 0 Å². The highest BCUT2D eigenvalue weighted by molar-refractivity contribution is 7.92. The van der Waals surface area contributed by atoms with E-state index in [0.29, 0.717) is 5.56 Å². The molecule has 0 aliphatic heterocycles. The van der Waals surface area contributed by atoms with Crippen molar-refractivity contribution in [3.05, 3.63) is 62.7 Å². The quantitative estimate of drug-likeness (QED) is 0.385. The monoisotopic (exact) mass is 455 g/mol. The van der Waals surface area contributed by atoms with Gasteiger partial charge in [0.2, 0.25) is 15.9 Å². The Labute approximate surface area is 177 Å². The van der Waals surface area contributed by atoms with Crippen LogP contribution in [0.3, 0.4) is 0 Å². The van der Waals surface area contributed by atoms with Crippen LogP contribution in [0.25, 0.3) is 0 Å². The number of nitro groups is 1. The number of esters is 1. The summed E-state index contributed by atoms with van der Waals surface area (Å²) in [5.74, 6) is -1.44. The maximum absolute atomic E-state index is 12.5. The van der Waals surface area contributed by atoms with Crippen LogP contribution < -0.4 is 9.62 Å². The number of methoxy groups -OCH3 is 1. The van der Waals surface area contributed by atoms with Crippen molar-refractivity contribution in [3.63, 3.8) is 0 Å². The van der Waals surface area contributed by atoms with Gasteiger partial charge in [0.25, 0.3) is 5.69 Å². The lowest BCUT2D eigenvalue weighted by atomic mass is 10.2. The van der Waals surface area contributed by atoms with Gasteiger partial charge >= 0.3 is 5.97 Å². The molecule has 0 atom stereocenters. The molecule has 30 heavy (non-hydrogen) atoms. The number of anilines is 2. The summed E-state index contributed by atoms with van der Waals surface area (Å²) in [5.41, 5.74) is 0.331. The van der Waals surface area contributed by atoms with Gasteiger partial charge in [-0.05, 0) is 30.7 Å². The van der Waals surface area contributed by atoms with E-state index in [2.05, 4.69) is 10.1 Å². The van der Waals surface area contributed by atoms with Gasteiger partial charge in [-0.25, -0.2) is 13.2 Å². The van der Waals surface area contributed by atoms with Gasteiger partial charge in [0, 0.05) is 17.8 Å². The number of hydrogen-bond donors (Lipinski definition) is 1. The highest BCUT2D eigenvalue weighted by atomic mass is 35.5. The van der Waals surface area contributed by atoms with E-state index in [-0.39, 0.29) is 27.6 Å². The molecule has 10 nitrogen and oxygen atoms in total. The highest BCUT2D eigenvalue weighted by Crippen LogP contribution is 2.28. The molecule has 12 heteroatoms. The highest BCUT2D eigenvalue weighted by Gasteiger charge is 2.24. The zero-order chi connectivity index (χ0) is 22.6. The van der Waals surface area contributed by atoms with Crippen molar-refractivity contribution < 1.29 is 27.7 Å². The van der Waals surface area contributed by atoms with E-state index >= 15 is 0 Å². The lowest BCUT2D eigenvalue weighted by molar-refractivity contribution is -0.384. The predicted molar refractivity (Wildman–Crippen MR) is 111 cm³/mol. The van der Waals surface area contributed by atoms with Gasteiger partial charge < -0.3 is 10.1 Å². The van der Waals surface area contributed by atoms with Crippen molar-refractivity contribution in [2.75, 3.05) is 29.5 Å². The van der Waals surface area contributed by atoms with Gasteiger partial charge in [0.1, 0.15) is 6.54 Å². The van der Waals surface area contributed by atoms with E-state index in [1.807, 2.05) is 0 Å². The molecule has 0 spiro atoms. The normalized spacial score (nSPS) is 10.9. The molecule has 1 N–H and O–H groups in total. The Morgan fingerprint density at radius 3 is 2.47 bits per heavy atom. The summed E-state index contributed by atoms with van der Waals surface area (Å²) in [6.07, 6.45) is 0.885. The number of nitrogens with zero attached hydrogens (tertiary/aromatic N) is 2. The van der Waals surface area contributed by atoms with Gasteiger partial charge in [-0.2, -0.15) is 0 Å². The number of nitrogens with one attached hydrogen (secondary N) is 1. The summed E-state index contributed by atoms with van der Waals surface area (Å²) >= 11 is 5.93. The molecule has 0 aromatic heterocycles. The summed E-state index contributed by atoms with van der Waals surface area (Å²) in [6, 6.07) is 7.81. The number of ether oxygens (including phenoxy) is 1. The Morgan fingerprint density at radius 1 is 1.23 bits per heavy atom. The third kappa shape index (κ3) is 5.45. The minimum absolute atomic E-state index is 0.00760. The smallest absolute Gasteiger partial charge is 0.339 e. The number of carbonyl (C=O) groups excluding carboxylic acids is 2. The molecule has 1 amide bonds. The Bertz CT molecular complexity index is 1120. The molecule has 2 aromatic rings. The van der Waals surface area contributed by atoms with E-state index in [9.17, 15) is 28.1 Å². The van der Waals surface area contributed by atoms with Crippen LogP contribution in [-0.2, 0) is 19.6 Å². The Balaban J connectivity index is 2.33. The molecule has 0 bridgehead atoms. The van der Waals surface area contributed by atoms with Gasteiger partial charge in [-0.1, -0.05) is 17.7 Å². The van der Waals surface area contributed by atoms with E-state index in [4.69, 9.17) is 11.6 Å². The molecule has 0 saturated heterocycles. The molecule has 0 radical (unpaired) electrons. The van der Waals surface area contributed by atoms with Crippen LogP contribution >= 0.6 is 11.6 Å². The van der Waals surface area contributed by atoms with Crippen molar-refractivity contribution in [3.8, 4) is 0 Å². The molecule has 0 saturated carbocycles. The average molecular weight is 456 g/mol. The van der Waals surface area contributed by atoms with Crippen molar-refractivity contribution in [1.29, 1.82) is 0 Å². The summed E-state index contributed by atoms with van der Waals surface area (Å²) in [4.78, 5) is 34.6. The molecular formula is C18H18ClN3O7S. The van der Waals surface area contributed by atoms with Crippen LogP contribution in [0.15, 0.2) is 36.4 Å². The number of amides is 1. The van der Waals surface area contributed by atoms with Gasteiger partial charge in [0.15, 0.2) is 0 Å². The number of carbonyl (C=O) groups is 2. The molecular weight excluding hydrogens is 438 g/mol. The van der Waals surface area contributed by atoms with E-state index in [0.717, 1.165) is 16.6 Å². The van der Waals surface area contributed by atoms with Gasteiger partial charge in [0.05, 0.1) is 34.6 Å². The Hall–Kier alpha value is -3.18. The molecule has 2 rings (SSSR count). The first-order valence-electron chi connectivity index (χ1n) is 8.34. The average Bonchev–Trinajstić information content (AvgIpc) is 2.66. The van der Waals surface area contributed by atoms with Crippen molar-refractivity contribution >= 4 is 50.6 Å². The van der Waals surface area contributed by atoms with Crippen LogP contribution in [-0.4, -0.2) is 45.1 Å². The van der Waals surface area contributed by atoms with E-state index in [1.54, 1.807) is 6.92 Å². The van der Waals surface area contributed by atoms with Crippen molar-refractivity contribution in [2.24, 2.45) is 0 Å². The number of rotatable bonds is 7. The number of non-ortho nitro benzene ring substituents is 1. The SMILES string of the molecule is COC(=O)c1cc(NC(=O)CN(c2cc([N+](=O)[O-])ccc2C)S(C)(=O)=O)ccc1Cl. The molecule has 0 aliphatic rings. The topological polar surface area (TPSA) is 136 Å². The number of sulfonamides is 1. The van der Waals surface area contributed by atoms with Crippen LogP contribution in [0.1, 0.15) is 15.9 Å². The minimum Gasteiger partial charge on any atom is -0.465 e. The summed E-state index contributed by atoms with van der Waals surface area (Å²) in [7, 11) is -2.77. The fourth-order valence-electron chi connectivity index (χ4n) is 2.56. The van der Waals surface area contributed by atoms with Crippen molar-refractivity contribution in [2.45, 2.75) is 6.92 Å². The molecule has 0 aliphatic carbocycles. The molecule has 0 fully saturated rings. The molecule has 0 heterocycles. The second-order valence-corrected chi connectivity index (χ2v) is 8.55. The zero-order valence-corrected chi connectivity index (χ0v) is 17.8. The number of nitro benzene ring substituents is 1. The van der Waals surface area contributed by atoms with Crippen molar-refractivity contribution in [1.82, 2.24) is 0 Å². The van der Waals surface area contributed by atoms with Crippen LogP contribution in [0.4, 0.5) is 17.1 Å². The predicted octanol–water partition coefficient (Wildman–Crippen LogP) is 2.75. The number of hydrogen-bond acceptors (Lipinski definition) is 7. The molecule has 2 aromatic carbocycles. The number of benzene rings is 2. The lowest BCUT2D eigenvalue weighted by Gasteiger charge is -2.23. The molecule has 160 valence electrons.